The Morgan fingerprint density at radius 3 is 2.67 bits per heavy atom. The molecule has 1 aliphatic carbocycles. The minimum Gasteiger partial charge on any atom is -0.390 e. The molecule has 0 heterocycles. The van der Waals surface area contributed by atoms with Gasteiger partial charge in [0.15, 0.2) is 0 Å². The van der Waals surface area contributed by atoms with Crippen LogP contribution in [-0.4, -0.2) is 10.7 Å². The van der Waals surface area contributed by atoms with Gasteiger partial charge in [0.25, 0.3) is 0 Å². The van der Waals surface area contributed by atoms with E-state index >= 15 is 0 Å². The maximum atomic E-state index is 9.48. The van der Waals surface area contributed by atoms with E-state index in [0.29, 0.717) is 0 Å². The zero-order chi connectivity index (χ0) is 6.91. The van der Waals surface area contributed by atoms with Crippen molar-refractivity contribution in [3.63, 3.8) is 0 Å². The Morgan fingerprint density at radius 2 is 2.33 bits per heavy atom. The minimum absolute atomic E-state index is 0.449. The van der Waals surface area contributed by atoms with Gasteiger partial charge in [-0.1, -0.05) is 12.2 Å². The van der Waals surface area contributed by atoms with Crippen molar-refractivity contribution >= 4 is 0 Å². The van der Waals surface area contributed by atoms with Crippen LogP contribution in [0.5, 0.6) is 0 Å². The summed E-state index contributed by atoms with van der Waals surface area (Å²) >= 11 is 0. The Hall–Kier alpha value is -0.300. The third-order valence-electron chi connectivity index (χ3n) is 1.88. The molecule has 52 valence electrons. The molecule has 0 aliphatic heterocycles. The highest BCUT2D eigenvalue weighted by atomic mass is 16.3. The highest BCUT2D eigenvalue weighted by Gasteiger charge is 2.24. The second-order valence-corrected chi connectivity index (χ2v) is 3.28. The summed E-state index contributed by atoms with van der Waals surface area (Å²) in [5, 5.41) is 9.48. The van der Waals surface area contributed by atoms with Crippen LogP contribution in [0.15, 0.2) is 12.2 Å². The van der Waals surface area contributed by atoms with Crippen molar-refractivity contribution in [1.29, 1.82) is 0 Å². The van der Waals surface area contributed by atoms with Gasteiger partial charge in [0.1, 0.15) is 0 Å². The third-order valence-corrected chi connectivity index (χ3v) is 1.88. The summed E-state index contributed by atoms with van der Waals surface area (Å²) in [6, 6.07) is 0. The van der Waals surface area contributed by atoms with E-state index in [1.54, 1.807) is 0 Å². The first-order valence-electron chi connectivity index (χ1n) is 3.49. The summed E-state index contributed by atoms with van der Waals surface area (Å²) in [5.41, 5.74) is 0.751. The topological polar surface area (TPSA) is 20.2 Å². The molecule has 1 atom stereocenters. The lowest BCUT2D eigenvalue weighted by Crippen LogP contribution is -2.27. The first kappa shape index (κ1) is 6.81. The van der Waals surface area contributed by atoms with E-state index in [4.69, 9.17) is 0 Å². The molecule has 0 aromatic carbocycles. The van der Waals surface area contributed by atoms with Crippen LogP contribution in [0.4, 0.5) is 0 Å². The summed E-state index contributed by atoms with van der Waals surface area (Å²) < 4.78 is 0. The molecule has 0 amide bonds. The quantitative estimate of drug-likeness (QED) is 0.491. The van der Waals surface area contributed by atoms with E-state index < -0.39 is 5.60 Å². The second kappa shape index (κ2) is 2.14. The average molecular weight is 126 g/mol. The second-order valence-electron chi connectivity index (χ2n) is 3.28. The van der Waals surface area contributed by atoms with Gasteiger partial charge in [-0.25, -0.2) is 0 Å². The molecule has 0 aromatic heterocycles. The van der Waals surface area contributed by atoms with Crippen molar-refractivity contribution < 1.29 is 5.11 Å². The molecule has 1 unspecified atom stereocenters. The fourth-order valence-corrected chi connectivity index (χ4v) is 1.43. The molecule has 1 nitrogen and oxygen atoms in total. The maximum Gasteiger partial charge on any atom is 0.0656 e. The van der Waals surface area contributed by atoms with Crippen molar-refractivity contribution in [2.24, 2.45) is 0 Å². The van der Waals surface area contributed by atoms with Gasteiger partial charge in [0.2, 0.25) is 0 Å². The zero-order valence-electron chi connectivity index (χ0n) is 5.98. The summed E-state index contributed by atoms with van der Waals surface area (Å²) in [7, 11) is 0. The van der Waals surface area contributed by atoms with Crippen molar-refractivity contribution in [2.75, 3.05) is 0 Å². The SMILES string of the molecule is C=C1CCCC(C)(O)C1. The number of aliphatic hydroxyl groups is 1. The fourth-order valence-electron chi connectivity index (χ4n) is 1.43. The molecule has 1 aliphatic rings. The van der Waals surface area contributed by atoms with Crippen LogP contribution >= 0.6 is 0 Å². The Morgan fingerprint density at radius 1 is 1.67 bits per heavy atom. The predicted molar refractivity (Wildman–Crippen MR) is 38.2 cm³/mol. The molecule has 0 spiro atoms. The highest BCUT2D eigenvalue weighted by Crippen LogP contribution is 2.29. The van der Waals surface area contributed by atoms with Gasteiger partial charge < -0.3 is 5.11 Å². The number of rotatable bonds is 0. The van der Waals surface area contributed by atoms with Gasteiger partial charge in [0, 0.05) is 0 Å². The summed E-state index contributed by atoms with van der Waals surface area (Å²) in [5.74, 6) is 0. The molecule has 0 aromatic rings. The van der Waals surface area contributed by atoms with Crippen molar-refractivity contribution in [2.45, 2.75) is 38.2 Å². The third kappa shape index (κ3) is 1.83. The summed E-state index contributed by atoms with van der Waals surface area (Å²) in [6.45, 7) is 5.74. The molecular weight excluding hydrogens is 112 g/mol. The standard InChI is InChI=1S/C8H14O/c1-7-4-3-5-8(2,9)6-7/h9H,1,3-6H2,2H3. The Balaban J connectivity index is 2.51. The van der Waals surface area contributed by atoms with Crippen LogP contribution in [0.1, 0.15) is 32.6 Å². The van der Waals surface area contributed by atoms with Gasteiger partial charge in [-0.05, 0) is 32.6 Å². The summed E-state index contributed by atoms with van der Waals surface area (Å²) in [6.07, 6.45) is 3.95. The monoisotopic (exact) mass is 126 g/mol. The average Bonchev–Trinajstić information content (AvgIpc) is 1.60. The van der Waals surface area contributed by atoms with E-state index in [0.717, 1.165) is 25.7 Å². The lowest BCUT2D eigenvalue weighted by Gasteiger charge is -2.28. The zero-order valence-corrected chi connectivity index (χ0v) is 5.98. The first-order chi connectivity index (χ1) is 4.10. The van der Waals surface area contributed by atoms with Crippen LogP contribution in [0, 0.1) is 0 Å². The lowest BCUT2D eigenvalue weighted by molar-refractivity contribution is 0.0389. The van der Waals surface area contributed by atoms with Crippen molar-refractivity contribution in [3.05, 3.63) is 12.2 Å². The molecule has 9 heavy (non-hydrogen) atoms. The molecule has 1 fully saturated rings. The molecule has 0 saturated heterocycles. The molecular formula is C8H14O. The van der Waals surface area contributed by atoms with Gasteiger partial charge in [0.05, 0.1) is 5.60 Å². The smallest absolute Gasteiger partial charge is 0.0656 e. The molecule has 1 heteroatoms. The Kier molecular flexibility index (Phi) is 1.62. The van der Waals surface area contributed by atoms with Gasteiger partial charge >= 0.3 is 0 Å². The normalized spacial score (nSPS) is 36.9. The van der Waals surface area contributed by atoms with Gasteiger partial charge in [-0.15, -0.1) is 0 Å². The molecule has 1 saturated carbocycles. The van der Waals surface area contributed by atoms with E-state index in [2.05, 4.69) is 6.58 Å². The predicted octanol–water partition coefficient (Wildman–Crippen LogP) is 1.87. The molecule has 0 radical (unpaired) electrons. The summed E-state index contributed by atoms with van der Waals surface area (Å²) in [4.78, 5) is 0. The molecule has 1 N–H and O–H groups in total. The maximum absolute atomic E-state index is 9.48. The fraction of sp³-hybridized carbons (Fsp3) is 0.750. The van der Waals surface area contributed by atoms with Crippen LogP contribution in [-0.2, 0) is 0 Å². The van der Waals surface area contributed by atoms with E-state index in [-0.39, 0.29) is 0 Å². The van der Waals surface area contributed by atoms with E-state index in [1.165, 1.54) is 5.57 Å². The first-order valence-corrected chi connectivity index (χ1v) is 3.49. The van der Waals surface area contributed by atoms with Crippen LogP contribution in [0.2, 0.25) is 0 Å². The molecule has 0 bridgehead atoms. The van der Waals surface area contributed by atoms with Gasteiger partial charge in [-0.3, -0.25) is 0 Å². The van der Waals surface area contributed by atoms with Crippen LogP contribution < -0.4 is 0 Å². The van der Waals surface area contributed by atoms with Crippen molar-refractivity contribution in [1.82, 2.24) is 0 Å². The lowest BCUT2D eigenvalue weighted by atomic mass is 9.84. The van der Waals surface area contributed by atoms with Crippen LogP contribution in [0.3, 0.4) is 0 Å². The number of hydrogen-bond donors (Lipinski definition) is 1. The highest BCUT2D eigenvalue weighted by molar-refractivity contribution is 5.03. The van der Waals surface area contributed by atoms with Crippen LogP contribution in [0.25, 0.3) is 0 Å². The van der Waals surface area contributed by atoms with E-state index in [1.807, 2.05) is 6.92 Å². The van der Waals surface area contributed by atoms with Gasteiger partial charge in [-0.2, -0.15) is 0 Å². The number of hydrogen-bond acceptors (Lipinski definition) is 1. The Bertz CT molecular complexity index is 125. The Labute approximate surface area is 56.4 Å². The largest absolute Gasteiger partial charge is 0.390 e. The minimum atomic E-state index is -0.449. The van der Waals surface area contributed by atoms with Crippen molar-refractivity contribution in [3.8, 4) is 0 Å². The van der Waals surface area contributed by atoms with E-state index in [9.17, 15) is 5.11 Å². The molecule has 1 rings (SSSR count).